The summed E-state index contributed by atoms with van der Waals surface area (Å²) < 4.78 is 0. The summed E-state index contributed by atoms with van der Waals surface area (Å²) in [6.45, 7) is 4.49. The van der Waals surface area contributed by atoms with E-state index in [-0.39, 0.29) is 0 Å². The van der Waals surface area contributed by atoms with Gasteiger partial charge in [-0.05, 0) is 67.8 Å². The zero-order chi connectivity index (χ0) is 46.1. The van der Waals surface area contributed by atoms with Crippen molar-refractivity contribution in [3.8, 4) is 44.5 Å². The van der Waals surface area contributed by atoms with Crippen molar-refractivity contribution >= 4 is 80.5 Å². The molecule has 0 bridgehead atoms. The molecular formula is C58H50BCl2N2O2Zr. The number of carbonyl (C=O) groups excluding carboxylic acids is 2. The van der Waals surface area contributed by atoms with E-state index in [0.717, 1.165) is 20.4 Å². The molecule has 66 heavy (non-hydrogen) atoms. The van der Waals surface area contributed by atoms with Crippen LogP contribution >= 0.6 is 17.0 Å². The van der Waals surface area contributed by atoms with Crippen molar-refractivity contribution in [2.75, 3.05) is 0 Å². The van der Waals surface area contributed by atoms with Gasteiger partial charge in [0.1, 0.15) is 0 Å². The third kappa shape index (κ3) is 11.5. The molecule has 10 aromatic carbocycles. The molecule has 10 rings (SSSR count). The van der Waals surface area contributed by atoms with Crippen LogP contribution in [-0.4, -0.2) is 20.4 Å². The summed E-state index contributed by atoms with van der Waals surface area (Å²) in [6.07, 6.45) is 5.54. The number of benzene rings is 8. The average Bonchev–Trinajstić information content (AvgIpc) is 3.98. The molecule has 0 fully saturated rings. The first-order chi connectivity index (χ1) is 32.5. The quantitative estimate of drug-likeness (QED) is 0.0555. The van der Waals surface area contributed by atoms with Gasteiger partial charge >= 0.3 is 45.4 Å². The van der Waals surface area contributed by atoms with E-state index in [2.05, 4.69) is 218 Å². The number of hydrogen-bond donors (Lipinski definition) is 2. The minimum atomic E-state index is -0.826. The van der Waals surface area contributed by atoms with Crippen LogP contribution in [0.1, 0.15) is 37.8 Å². The first kappa shape index (κ1) is 47.9. The molecule has 325 valence electrons. The van der Waals surface area contributed by atoms with Crippen molar-refractivity contribution in [1.29, 1.82) is 0 Å². The first-order valence-electron chi connectivity index (χ1n) is 22.2. The second-order valence-electron chi connectivity index (χ2n) is 15.8. The molecule has 2 N–H and O–H groups in total. The van der Waals surface area contributed by atoms with Crippen LogP contribution in [0.25, 0.3) is 87.6 Å². The molecule has 0 aliphatic rings. The van der Waals surface area contributed by atoms with Crippen LogP contribution in [0.5, 0.6) is 0 Å². The Morgan fingerprint density at radius 1 is 0.439 bits per heavy atom. The molecule has 0 unspecified atom stereocenters. The predicted octanol–water partition coefficient (Wildman–Crippen LogP) is 15.4. The zero-order valence-electron chi connectivity index (χ0n) is 37.1. The van der Waals surface area contributed by atoms with Crippen LogP contribution in [-0.2, 0) is 43.3 Å². The van der Waals surface area contributed by atoms with Crippen LogP contribution in [0.15, 0.2) is 194 Å². The fourth-order valence-electron chi connectivity index (χ4n) is 8.87. The SMILES string of the molecule is CCCc1cc2c(-c3ccccc3-c3cccc4ccccc34)cccc2[cH-]1.CCCc1cc2c(-c3ccccc3-c3cccc4ccccc34)cccc2[cH-]1.O=CN[B]NC=O.[Cl][Zr+2][Cl]. The summed E-state index contributed by atoms with van der Waals surface area (Å²) in [5, 5.41) is 14.8. The van der Waals surface area contributed by atoms with Crippen molar-refractivity contribution in [1.82, 2.24) is 10.5 Å². The summed E-state index contributed by atoms with van der Waals surface area (Å²) in [7, 11) is 11.0. The predicted molar refractivity (Wildman–Crippen MR) is 280 cm³/mol. The van der Waals surface area contributed by atoms with Gasteiger partial charge in [0.25, 0.3) is 0 Å². The van der Waals surface area contributed by atoms with E-state index in [0.29, 0.717) is 12.8 Å². The van der Waals surface area contributed by atoms with Crippen LogP contribution in [0.4, 0.5) is 0 Å². The molecule has 4 nitrogen and oxygen atoms in total. The Hall–Kier alpha value is -6.03. The van der Waals surface area contributed by atoms with Gasteiger partial charge in [0, 0.05) is 0 Å². The third-order valence-corrected chi connectivity index (χ3v) is 11.6. The summed E-state index contributed by atoms with van der Waals surface area (Å²) >= 11 is -0.826. The van der Waals surface area contributed by atoms with E-state index in [1.807, 2.05) is 0 Å². The van der Waals surface area contributed by atoms with Gasteiger partial charge in [-0.25, -0.2) is 0 Å². The Morgan fingerprint density at radius 2 is 0.742 bits per heavy atom. The van der Waals surface area contributed by atoms with E-state index in [9.17, 15) is 9.59 Å². The first-order valence-corrected chi connectivity index (χ1v) is 28.6. The third-order valence-electron chi connectivity index (χ3n) is 11.6. The Morgan fingerprint density at radius 3 is 1.11 bits per heavy atom. The fraction of sp³-hybridized carbons (Fsp3) is 0.103. The molecular weight excluding hydrogens is 930 g/mol. The molecule has 0 aliphatic heterocycles. The Labute approximate surface area is 407 Å². The molecule has 0 aromatic heterocycles. The Kier molecular flexibility index (Phi) is 17.8. The Balaban J connectivity index is 0.000000164. The summed E-state index contributed by atoms with van der Waals surface area (Å²) in [6, 6.07) is 71.0. The van der Waals surface area contributed by atoms with Gasteiger partial charge in [-0.2, -0.15) is 12.1 Å². The number of aryl methyl sites for hydroxylation is 2. The number of fused-ring (bicyclic) bond motifs is 4. The number of carbonyl (C=O) groups is 2. The zero-order valence-corrected chi connectivity index (χ0v) is 41.1. The molecule has 0 aliphatic carbocycles. The minimum absolute atomic E-state index is 0.455. The normalized spacial score (nSPS) is 10.4. The summed E-state index contributed by atoms with van der Waals surface area (Å²) in [5.74, 6) is 0. The average molecular weight is 980 g/mol. The number of halogens is 2. The molecule has 8 heteroatoms. The van der Waals surface area contributed by atoms with Gasteiger partial charge in [-0.3, -0.25) is 9.59 Å². The van der Waals surface area contributed by atoms with E-state index in [1.54, 1.807) is 0 Å². The number of nitrogens with one attached hydrogen (secondary N) is 2. The van der Waals surface area contributed by atoms with Crippen molar-refractivity contribution in [2.45, 2.75) is 39.5 Å². The summed E-state index contributed by atoms with van der Waals surface area (Å²) in [5.41, 5.74) is 13.3. The van der Waals surface area contributed by atoms with Crippen molar-refractivity contribution in [2.24, 2.45) is 0 Å². The van der Waals surface area contributed by atoms with Crippen molar-refractivity contribution < 1.29 is 30.4 Å². The van der Waals surface area contributed by atoms with E-state index in [1.165, 1.54) is 112 Å². The van der Waals surface area contributed by atoms with E-state index in [4.69, 9.17) is 17.0 Å². The molecule has 2 amide bonds. The molecule has 1 radical (unpaired) electrons. The molecule has 0 saturated heterocycles. The maximum atomic E-state index is 9.38. The van der Waals surface area contributed by atoms with Gasteiger partial charge in [0.2, 0.25) is 0 Å². The van der Waals surface area contributed by atoms with Crippen LogP contribution in [0.3, 0.4) is 0 Å². The van der Waals surface area contributed by atoms with Crippen molar-refractivity contribution in [3.05, 3.63) is 205 Å². The molecule has 0 atom stereocenters. The summed E-state index contributed by atoms with van der Waals surface area (Å²) in [4.78, 5) is 18.8. The monoisotopic (exact) mass is 977 g/mol. The number of hydrogen-bond acceptors (Lipinski definition) is 2. The molecule has 10 aromatic rings. The molecule has 0 heterocycles. The van der Waals surface area contributed by atoms with Gasteiger partial charge in [0.15, 0.2) is 12.8 Å². The van der Waals surface area contributed by atoms with Gasteiger partial charge in [0.05, 0.1) is 0 Å². The maximum absolute atomic E-state index is 9.38. The van der Waals surface area contributed by atoms with Crippen molar-refractivity contribution in [3.63, 3.8) is 0 Å². The van der Waals surface area contributed by atoms with Gasteiger partial charge in [-0.1, -0.05) is 183 Å². The van der Waals surface area contributed by atoms with Crippen LogP contribution in [0, 0.1) is 0 Å². The van der Waals surface area contributed by atoms with Crippen LogP contribution in [0.2, 0.25) is 0 Å². The number of rotatable bonds is 12. The van der Waals surface area contributed by atoms with Gasteiger partial charge in [-0.15, -0.1) is 69.1 Å². The van der Waals surface area contributed by atoms with E-state index < -0.39 is 20.8 Å². The Bertz CT molecular complexity index is 2960. The molecule has 0 saturated carbocycles. The topological polar surface area (TPSA) is 58.2 Å². The van der Waals surface area contributed by atoms with E-state index >= 15 is 0 Å². The number of amides is 2. The standard InChI is InChI=1S/2C28H23.C2H4BN2O2.2ClH.Zr/c2*1-2-9-20-18-22-12-8-17-27(28(22)19-20)26-15-6-5-14-25(26)24-16-7-11-21-10-3-4-13-23(21)24;6-1-4-3-5-2-7;;;/h2*3-8,10-19H,2,9H2,1H3;1-2H,(H,4,6)(H,5,7);2*1H;/q2*-1;;;;+4/p-2. The second-order valence-corrected chi connectivity index (χ2v) is 19.5. The second kappa shape index (κ2) is 24.5. The molecule has 0 spiro atoms. The van der Waals surface area contributed by atoms with Crippen LogP contribution < -0.4 is 10.5 Å². The fourth-order valence-corrected chi connectivity index (χ4v) is 8.87. The van der Waals surface area contributed by atoms with Gasteiger partial charge < -0.3 is 10.5 Å².